The number of carbonyl (C=O) groups excluding carboxylic acids is 1. The standard InChI is InChI=1S/C34H46F2N6O4/c1-21(2)31-39-33(46-40-31)41-12-9-23(10-13-41)22(3)11-14-44-26-17-37-32(38-18-26)42-19-24(15-30(43)45-34(4,5)6)28(20-42)27-16-25(35)7-8-29(27)36/h7-8,16-18,21-24,28H,9-15,19-20H2,1-6H3/t22-,24+,28+/m1/s1. The number of benzene rings is 1. The van der Waals surface area contributed by atoms with Gasteiger partial charge in [-0.1, -0.05) is 25.9 Å². The van der Waals surface area contributed by atoms with E-state index >= 15 is 0 Å². The highest BCUT2D eigenvalue weighted by molar-refractivity contribution is 5.70. The Hall–Kier alpha value is -3.83. The average molecular weight is 641 g/mol. The Labute approximate surface area is 269 Å². The fraction of sp³-hybridized carbons (Fsp3) is 0.618. The second-order valence-corrected chi connectivity index (χ2v) is 14.0. The molecule has 3 aromatic rings. The van der Waals surface area contributed by atoms with E-state index < -0.39 is 23.2 Å². The number of hydrogen-bond acceptors (Lipinski definition) is 10. The van der Waals surface area contributed by atoms with Crippen LogP contribution in [0.2, 0.25) is 0 Å². The van der Waals surface area contributed by atoms with E-state index in [2.05, 4.69) is 45.8 Å². The van der Waals surface area contributed by atoms with Gasteiger partial charge in [0.25, 0.3) is 0 Å². The molecule has 2 aliphatic rings. The molecule has 0 N–H and O–H groups in total. The summed E-state index contributed by atoms with van der Waals surface area (Å²) in [5, 5.41) is 4.09. The Balaban J connectivity index is 1.13. The predicted octanol–water partition coefficient (Wildman–Crippen LogP) is 6.53. The highest BCUT2D eigenvalue weighted by Gasteiger charge is 2.39. The molecule has 0 amide bonds. The molecule has 1 aromatic carbocycles. The van der Waals surface area contributed by atoms with E-state index in [-0.39, 0.29) is 29.8 Å². The first kappa shape index (κ1) is 33.5. The maximum absolute atomic E-state index is 14.8. The summed E-state index contributed by atoms with van der Waals surface area (Å²) in [6, 6.07) is 4.05. The lowest BCUT2D eigenvalue weighted by Gasteiger charge is -2.33. The highest BCUT2D eigenvalue weighted by atomic mass is 19.1. The first-order chi connectivity index (χ1) is 21.9. The molecule has 0 bridgehead atoms. The summed E-state index contributed by atoms with van der Waals surface area (Å²) in [7, 11) is 0. The van der Waals surface area contributed by atoms with Gasteiger partial charge in [-0.15, -0.1) is 0 Å². The van der Waals surface area contributed by atoms with Gasteiger partial charge in [-0.25, -0.2) is 18.7 Å². The van der Waals surface area contributed by atoms with E-state index in [1.165, 1.54) is 6.07 Å². The number of halogens is 2. The van der Waals surface area contributed by atoms with Crippen LogP contribution in [0.15, 0.2) is 35.1 Å². The van der Waals surface area contributed by atoms with Crippen molar-refractivity contribution in [2.24, 2.45) is 17.8 Å². The summed E-state index contributed by atoms with van der Waals surface area (Å²) < 4.78 is 46.0. The first-order valence-corrected chi connectivity index (χ1v) is 16.3. The summed E-state index contributed by atoms with van der Waals surface area (Å²) in [5.41, 5.74) is -0.400. The molecular weight excluding hydrogens is 594 g/mol. The molecule has 0 spiro atoms. The normalized spacial score (nSPS) is 19.9. The lowest BCUT2D eigenvalue weighted by molar-refractivity contribution is -0.155. The van der Waals surface area contributed by atoms with Gasteiger partial charge in [-0.2, -0.15) is 4.98 Å². The molecule has 0 saturated carbocycles. The van der Waals surface area contributed by atoms with Crippen LogP contribution in [0.4, 0.5) is 20.7 Å². The van der Waals surface area contributed by atoms with E-state index in [9.17, 15) is 13.6 Å². The van der Waals surface area contributed by atoms with Crippen LogP contribution in [0.3, 0.4) is 0 Å². The molecule has 2 aliphatic heterocycles. The SMILES string of the molecule is CC(C)c1noc(N2CCC([C@H](C)CCOc3cnc(N4C[C@H](CC(=O)OC(C)(C)C)[C@@H](c5cc(F)ccc5F)C4)nc3)CC2)n1. The van der Waals surface area contributed by atoms with Crippen LogP contribution < -0.4 is 14.5 Å². The second-order valence-electron chi connectivity index (χ2n) is 14.0. The number of anilines is 2. The summed E-state index contributed by atoms with van der Waals surface area (Å²) in [6.07, 6.45) is 6.38. The molecule has 3 atom stereocenters. The molecule has 0 aliphatic carbocycles. The smallest absolute Gasteiger partial charge is 0.324 e. The summed E-state index contributed by atoms with van der Waals surface area (Å²) in [5.74, 6) is 0.945. The van der Waals surface area contributed by atoms with E-state index in [0.29, 0.717) is 49.2 Å². The van der Waals surface area contributed by atoms with Crippen molar-refractivity contribution in [1.29, 1.82) is 0 Å². The summed E-state index contributed by atoms with van der Waals surface area (Å²) in [6.45, 7) is 14.9. The molecule has 46 heavy (non-hydrogen) atoms. The van der Waals surface area contributed by atoms with Crippen LogP contribution in [-0.2, 0) is 9.53 Å². The largest absolute Gasteiger partial charge is 0.490 e. The van der Waals surface area contributed by atoms with Crippen LogP contribution in [-0.4, -0.2) is 64.5 Å². The van der Waals surface area contributed by atoms with Crippen LogP contribution in [0.5, 0.6) is 5.75 Å². The minimum atomic E-state index is -0.642. The number of nitrogens with zero attached hydrogens (tertiary/aromatic N) is 6. The van der Waals surface area contributed by atoms with Crippen molar-refractivity contribution in [3.05, 3.63) is 53.6 Å². The van der Waals surface area contributed by atoms with Crippen LogP contribution in [0.25, 0.3) is 0 Å². The monoisotopic (exact) mass is 640 g/mol. The van der Waals surface area contributed by atoms with Gasteiger partial charge in [0.1, 0.15) is 17.2 Å². The number of aromatic nitrogens is 4. The molecule has 5 rings (SSSR count). The van der Waals surface area contributed by atoms with Crippen LogP contribution >= 0.6 is 0 Å². The molecule has 0 unspecified atom stereocenters. The Morgan fingerprint density at radius 1 is 1.07 bits per heavy atom. The third-order valence-electron chi connectivity index (χ3n) is 8.95. The topological polar surface area (TPSA) is 107 Å². The average Bonchev–Trinajstić information content (AvgIpc) is 3.66. The lowest BCUT2D eigenvalue weighted by atomic mass is 9.84. The van der Waals surface area contributed by atoms with E-state index in [1.54, 1.807) is 33.2 Å². The van der Waals surface area contributed by atoms with Gasteiger partial charge in [0, 0.05) is 38.0 Å². The minimum absolute atomic E-state index is 0.0722. The zero-order chi connectivity index (χ0) is 33.0. The third-order valence-corrected chi connectivity index (χ3v) is 8.95. The molecule has 12 heteroatoms. The van der Waals surface area contributed by atoms with E-state index in [4.69, 9.17) is 14.0 Å². The summed E-state index contributed by atoms with van der Waals surface area (Å²) in [4.78, 5) is 30.4. The van der Waals surface area contributed by atoms with Crippen molar-refractivity contribution in [3.8, 4) is 5.75 Å². The van der Waals surface area contributed by atoms with Gasteiger partial charge >= 0.3 is 12.0 Å². The molecule has 10 nitrogen and oxygen atoms in total. The van der Waals surface area contributed by atoms with Gasteiger partial charge in [0.15, 0.2) is 11.6 Å². The van der Waals surface area contributed by atoms with Crippen LogP contribution in [0, 0.1) is 29.4 Å². The zero-order valence-electron chi connectivity index (χ0n) is 27.7. The van der Waals surface area contributed by atoms with Crippen molar-refractivity contribution in [3.63, 3.8) is 0 Å². The molecule has 4 heterocycles. The first-order valence-electron chi connectivity index (χ1n) is 16.3. The maximum Gasteiger partial charge on any atom is 0.324 e. The van der Waals surface area contributed by atoms with Crippen molar-refractivity contribution < 1.29 is 27.6 Å². The Kier molecular flexibility index (Phi) is 10.4. The number of esters is 1. The van der Waals surface area contributed by atoms with Crippen molar-refractivity contribution in [1.82, 2.24) is 20.1 Å². The molecule has 250 valence electrons. The van der Waals surface area contributed by atoms with Gasteiger partial charge in [0.05, 0.1) is 25.4 Å². The predicted molar refractivity (Wildman–Crippen MR) is 170 cm³/mol. The number of piperidine rings is 1. The lowest BCUT2D eigenvalue weighted by Crippen LogP contribution is -2.36. The van der Waals surface area contributed by atoms with Gasteiger partial charge < -0.3 is 23.8 Å². The van der Waals surface area contributed by atoms with E-state index in [1.807, 2.05) is 4.90 Å². The Bertz CT molecular complexity index is 1450. The van der Waals surface area contributed by atoms with Crippen molar-refractivity contribution >= 4 is 17.9 Å². The van der Waals surface area contributed by atoms with Crippen molar-refractivity contribution in [2.45, 2.75) is 84.7 Å². The molecular formula is C34H46F2N6O4. The number of rotatable bonds is 11. The Morgan fingerprint density at radius 2 is 1.78 bits per heavy atom. The van der Waals surface area contributed by atoms with Gasteiger partial charge in [0.2, 0.25) is 5.95 Å². The molecule has 0 radical (unpaired) electrons. The summed E-state index contributed by atoms with van der Waals surface area (Å²) >= 11 is 0. The van der Waals surface area contributed by atoms with E-state index in [0.717, 1.165) is 50.3 Å². The maximum atomic E-state index is 14.8. The fourth-order valence-electron chi connectivity index (χ4n) is 6.38. The molecule has 2 saturated heterocycles. The van der Waals surface area contributed by atoms with Crippen LogP contribution in [0.1, 0.15) is 90.4 Å². The highest BCUT2D eigenvalue weighted by Crippen LogP contribution is 2.38. The fourth-order valence-corrected chi connectivity index (χ4v) is 6.38. The molecule has 2 fully saturated rings. The molecule has 2 aromatic heterocycles. The number of ether oxygens (including phenoxy) is 2. The van der Waals surface area contributed by atoms with Gasteiger partial charge in [-0.05, 0) is 81.5 Å². The Morgan fingerprint density at radius 3 is 2.43 bits per heavy atom. The number of carbonyl (C=O) groups is 1. The van der Waals surface area contributed by atoms with Crippen molar-refractivity contribution in [2.75, 3.05) is 42.6 Å². The second kappa shape index (κ2) is 14.3. The zero-order valence-corrected chi connectivity index (χ0v) is 27.7. The number of hydrogen-bond donors (Lipinski definition) is 0. The third kappa shape index (κ3) is 8.50. The minimum Gasteiger partial charge on any atom is -0.490 e. The van der Waals surface area contributed by atoms with Gasteiger partial charge in [-0.3, -0.25) is 4.79 Å². The quantitative estimate of drug-likeness (QED) is 0.215.